The van der Waals surface area contributed by atoms with E-state index in [-0.39, 0.29) is 23.0 Å². The maximum atomic E-state index is 13.4. The molecule has 0 saturated heterocycles. The highest BCUT2D eigenvalue weighted by Gasteiger charge is 2.10. The average Bonchev–Trinajstić information content (AvgIpc) is 2.40. The Hall–Kier alpha value is -2.36. The summed E-state index contributed by atoms with van der Waals surface area (Å²) in [6.07, 6.45) is 0.408. The lowest BCUT2D eigenvalue weighted by Gasteiger charge is -2.08. The minimum absolute atomic E-state index is 0.0478. The van der Waals surface area contributed by atoms with E-state index in [4.69, 9.17) is 0 Å². The van der Waals surface area contributed by atoms with Gasteiger partial charge in [0, 0.05) is 6.54 Å². The number of rotatable bonds is 4. The molecule has 0 aliphatic heterocycles. The molecule has 4 heteroatoms. The maximum Gasteiger partial charge on any atom is 0.255 e. The fraction of sp³-hybridized carbons (Fsp3) is 0.188. The van der Waals surface area contributed by atoms with Crippen LogP contribution in [0.4, 0.5) is 4.39 Å². The van der Waals surface area contributed by atoms with Crippen LogP contribution in [-0.4, -0.2) is 17.6 Å². The summed E-state index contributed by atoms with van der Waals surface area (Å²) >= 11 is 0. The standard InChI is InChI=1S/C16H16FNO2/c1-11-6-7-13(15(19)10-11)16(20)18-9-8-12-4-2-3-5-14(12)17/h2-7,10,19H,8-9H2,1H3,(H,18,20). The zero-order chi connectivity index (χ0) is 14.5. The Balaban J connectivity index is 1.94. The van der Waals surface area contributed by atoms with E-state index in [1.807, 2.05) is 6.92 Å². The Morgan fingerprint density at radius 1 is 1.25 bits per heavy atom. The first-order valence-corrected chi connectivity index (χ1v) is 6.39. The number of hydrogen-bond acceptors (Lipinski definition) is 2. The Labute approximate surface area is 117 Å². The second-order valence-electron chi connectivity index (χ2n) is 4.62. The third kappa shape index (κ3) is 3.35. The fourth-order valence-electron chi connectivity index (χ4n) is 1.94. The van der Waals surface area contributed by atoms with E-state index >= 15 is 0 Å². The number of aromatic hydroxyl groups is 1. The Kier molecular flexibility index (Phi) is 4.35. The van der Waals surface area contributed by atoms with Gasteiger partial charge in [0.05, 0.1) is 5.56 Å². The van der Waals surface area contributed by atoms with Crippen LogP contribution in [0.25, 0.3) is 0 Å². The summed E-state index contributed by atoms with van der Waals surface area (Å²) in [5.41, 5.74) is 1.66. The summed E-state index contributed by atoms with van der Waals surface area (Å²) in [6, 6.07) is 11.3. The van der Waals surface area contributed by atoms with Gasteiger partial charge in [0.2, 0.25) is 0 Å². The molecule has 1 amide bonds. The lowest BCUT2D eigenvalue weighted by molar-refractivity contribution is 0.0951. The van der Waals surface area contributed by atoms with Gasteiger partial charge in [-0.15, -0.1) is 0 Å². The minimum Gasteiger partial charge on any atom is -0.507 e. The number of benzene rings is 2. The van der Waals surface area contributed by atoms with Crippen LogP contribution in [0.1, 0.15) is 21.5 Å². The van der Waals surface area contributed by atoms with Crippen molar-refractivity contribution in [2.24, 2.45) is 0 Å². The first-order valence-electron chi connectivity index (χ1n) is 6.39. The van der Waals surface area contributed by atoms with Gasteiger partial charge in [-0.2, -0.15) is 0 Å². The highest BCUT2D eigenvalue weighted by molar-refractivity contribution is 5.96. The molecule has 0 atom stereocenters. The van der Waals surface area contributed by atoms with Crippen molar-refractivity contribution in [1.29, 1.82) is 0 Å². The molecule has 0 aliphatic carbocycles. The van der Waals surface area contributed by atoms with Crippen LogP contribution in [-0.2, 0) is 6.42 Å². The maximum absolute atomic E-state index is 13.4. The van der Waals surface area contributed by atoms with E-state index in [1.165, 1.54) is 12.1 Å². The zero-order valence-electron chi connectivity index (χ0n) is 11.2. The lowest BCUT2D eigenvalue weighted by Crippen LogP contribution is -2.26. The quantitative estimate of drug-likeness (QED) is 0.900. The van der Waals surface area contributed by atoms with Crippen molar-refractivity contribution in [3.8, 4) is 5.75 Å². The molecule has 104 valence electrons. The van der Waals surface area contributed by atoms with Crippen LogP contribution >= 0.6 is 0 Å². The molecule has 2 aromatic rings. The van der Waals surface area contributed by atoms with Gasteiger partial charge >= 0.3 is 0 Å². The van der Waals surface area contributed by atoms with E-state index < -0.39 is 0 Å². The summed E-state index contributed by atoms with van der Waals surface area (Å²) in [5.74, 6) is -0.688. The molecule has 2 rings (SSSR count). The molecule has 3 nitrogen and oxygen atoms in total. The van der Waals surface area contributed by atoms with Gasteiger partial charge in [0.1, 0.15) is 11.6 Å². The predicted octanol–water partition coefficient (Wildman–Crippen LogP) is 2.81. The molecule has 0 saturated carbocycles. The summed E-state index contributed by atoms with van der Waals surface area (Å²) in [7, 11) is 0. The first kappa shape index (κ1) is 14.1. The van der Waals surface area contributed by atoms with Gasteiger partial charge in [-0.05, 0) is 42.7 Å². The van der Waals surface area contributed by atoms with E-state index in [1.54, 1.807) is 30.3 Å². The highest BCUT2D eigenvalue weighted by atomic mass is 19.1. The van der Waals surface area contributed by atoms with Crippen molar-refractivity contribution in [3.63, 3.8) is 0 Å². The van der Waals surface area contributed by atoms with Gasteiger partial charge in [0.25, 0.3) is 5.91 Å². The number of phenolic OH excluding ortho intramolecular Hbond substituents is 1. The first-order chi connectivity index (χ1) is 9.58. The van der Waals surface area contributed by atoms with Crippen LogP contribution in [0.2, 0.25) is 0 Å². The van der Waals surface area contributed by atoms with Crippen molar-refractivity contribution >= 4 is 5.91 Å². The SMILES string of the molecule is Cc1ccc(C(=O)NCCc2ccccc2F)c(O)c1. The van der Waals surface area contributed by atoms with Gasteiger partial charge in [-0.1, -0.05) is 24.3 Å². The van der Waals surface area contributed by atoms with Crippen molar-refractivity contribution in [1.82, 2.24) is 5.32 Å². The van der Waals surface area contributed by atoms with Crippen LogP contribution in [0.3, 0.4) is 0 Å². The third-order valence-electron chi connectivity index (χ3n) is 3.04. The Bertz CT molecular complexity index is 626. The number of phenols is 1. The average molecular weight is 273 g/mol. The predicted molar refractivity (Wildman–Crippen MR) is 75.3 cm³/mol. The normalized spacial score (nSPS) is 10.3. The molecule has 0 fully saturated rings. The molecule has 0 spiro atoms. The summed E-state index contributed by atoms with van der Waals surface area (Å²) in [4.78, 5) is 11.9. The van der Waals surface area contributed by atoms with E-state index in [9.17, 15) is 14.3 Å². The number of hydrogen-bond donors (Lipinski definition) is 2. The number of nitrogens with one attached hydrogen (secondary N) is 1. The monoisotopic (exact) mass is 273 g/mol. The number of amides is 1. The number of carbonyl (C=O) groups excluding carboxylic acids is 1. The Morgan fingerprint density at radius 3 is 2.70 bits per heavy atom. The molecular weight excluding hydrogens is 257 g/mol. The van der Waals surface area contributed by atoms with Gasteiger partial charge in [0.15, 0.2) is 0 Å². The smallest absolute Gasteiger partial charge is 0.255 e. The Morgan fingerprint density at radius 2 is 2.00 bits per heavy atom. The summed E-state index contributed by atoms with van der Waals surface area (Å²) in [5, 5.41) is 12.4. The van der Waals surface area contributed by atoms with Gasteiger partial charge in [-0.25, -0.2) is 4.39 Å². The van der Waals surface area contributed by atoms with Crippen molar-refractivity contribution in [2.45, 2.75) is 13.3 Å². The molecule has 0 unspecified atom stereocenters. The summed E-state index contributed by atoms with van der Waals surface area (Å²) < 4.78 is 13.4. The molecule has 2 aromatic carbocycles. The van der Waals surface area contributed by atoms with Gasteiger partial charge < -0.3 is 10.4 Å². The number of halogens is 1. The molecule has 0 radical (unpaired) electrons. The third-order valence-corrected chi connectivity index (χ3v) is 3.04. The minimum atomic E-state index is -0.362. The lowest BCUT2D eigenvalue weighted by atomic mass is 10.1. The van der Waals surface area contributed by atoms with Crippen LogP contribution in [0, 0.1) is 12.7 Å². The molecule has 0 heterocycles. The van der Waals surface area contributed by atoms with Gasteiger partial charge in [-0.3, -0.25) is 4.79 Å². The van der Waals surface area contributed by atoms with Crippen molar-refractivity contribution < 1.29 is 14.3 Å². The second-order valence-corrected chi connectivity index (χ2v) is 4.62. The van der Waals surface area contributed by atoms with E-state index in [0.29, 0.717) is 18.5 Å². The molecule has 2 N–H and O–H groups in total. The molecular formula is C16H16FNO2. The second kappa shape index (κ2) is 6.19. The van der Waals surface area contributed by atoms with Crippen LogP contribution in [0.5, 0.6) is 5.75 Å². The fourth-order valence-corrected chi connectivity index (χ4v) is 1.94. The number of aryl methyl sites for hydroxylation is 1. The topological polar surface area (TPSA) is 49.3 Å². The highest BCUT2D eigenvalue weighted by Crippen LogP contribution is 2.18. The van der Waals surface area contributed by atoms with Crippen LogP contribution in [0.15, 0.2) is 42.5 Å². The summed E-state index contributed by atoms with van der Waals surface area (Å²) in [6.45, 7) is 2.15. The molecule has 0 aliphatic rings. The van der Waals surface area contributed by atoms with Crippen molar-refractivity contribution in [2.75, 3.05) is 6.54 Å². The molecule has 0 bridgehead atoms. The molecule has 0 aromatic heterocycles. The number of carbonyl (C=O) groups is 1. The van der Waals surface area contributed by atoms with Crippen LogP contribution < -0.4 is 5.32 Å². The largest absolute Gasteiger partial charge is 0.507 e. The molecule has 20 heavy (non-hydrogen) atoms. The van der Waals surface area contributed by atoms with E-state index in [0.717, 1.165) is 5.56 Å². The van der Waals surface area contributed by atoms with Crippen molar-refractivity contribution in [3.05, 3.63) is 65.0 Å². The van der Waals surface area contributed by atoms with E-state index in [2.05, 4.69) is 5.32 Å². The zero-order valence-corrected chi connectivity index (χ0v) is 11.2.